The van der Waals surface area contributed by atoms with Crippen molar-refractivity contribution in [3.05, 3.63) is 36.5 Å². The minimum absolute atomic E-state index is 0.00744. The Morgan fingerprint density at radius 2 is 0.685 bits per heavy atom. The molecule has 2 atom stereocenters. The van der Waals surface area contributed by atoms with Gasteiger partial charge in [0.25, 0.3) is 0 Å². The van der Waals surface area contributed by atoms with Gasteiger partial charge in [-0.25, -0.2) is 0 Å². The smallest absolute Gasteiger partial charge is 0.305 e. The molecule has 0 aliphatic rings. The van der Waals surface area contributed by atoms with Gasteiger partial charge in [-0.05, 0) is 64.2 Å². The van der Waals surface area contributed by atoms with Crippen LogP contribution in [0.1, 0.15) is 354 Å². The molecule has 0 fully saturated rings. The van der Waals surface area contributed by atoms with Gasteiger partial charge in [0, 0.05) is 12.8 Å². The van der Waals surface area contributed by atoms with Crippen molar-refractivity contribution in [2.24, 2.45) is 0 Å². The zero-order chi connectivity index (χ0) is 52.9. The van der Waals surface area contributed by atoms with Gasteiger partial charge in [0.15, 0.2) is 0 Å². The van der Waals surface area contributed by atoms with Crippen molar-refractivity contribution < 1.29 is 24.5 Å². The molecule has 0 aromatic rings. The van der Waals surface area contributed by atoms with E-state index in [0.717, 1.165) is 57.8 Å². The number of allylic oxidation sites excluding steroid dienone is 5. The zero-order valence-corrected chi connectivity index (χ0v) is 49.1. The van der Waals surface area contributed by atoms with Crippen LogP contribution in [-0.4, -0.2) is 47.4 Å². The first-order chi connectivity index (χ1) is 36.0. The number of ether oxygens (including phenoxy) is 1. The van der Waals surface area contributed by atoms with Crippen molar-refractivity contribution in [2.75, 3.05) is 13.2 Å². The molecule has 0 radical (unpaired) electrons. The summed E-state index contributed by atoms with van der Waals surface area (Å²) in [6, 6.07) is -0.637. The summed E-state index contributed by atoms with van der Waals surface area (Å²) in [6.07, 6.45) is 79.1. The molecule has 0 spiro atoms. The third kappa shape index (κ3) is 59.2. The van der Waals surface area contributed by atoms with Crippen molar-refractivity contribution in [2.45, 2.75) is 366 Å². The van der Waals surface area contributed by atoms with Gasteiger partial charge in [0.1, 0.15) is 0 Å². The van der Waals surface area contributed by atoms with E-state index in [2.05, 4.69) is 43.5 Å². The third-order valence-corrected chi connectivity index (χ3v) is 15.2. The van der Waals surface area contributed by atoms with Crippen molar-refractivity contribution in [1.29, 1.82) is 0 Å². The molecule has 0 rings (SSSR count). The van der Waals surface area contributed by atoms with E-state index < -0.39 is 12.1 Å². The molecule has 6 heteroatoms. The number of rotatable bonds is 61. The maximum Gasteiger partial charge on any atom is 0.305 e. The summed E-state index contributed by atoms with van der Waals surface area (Å²) in [5.41, 5.74) is 0. The normalized spacial score (nSPS) is 12.8. The molecular weight excluding hydrogens is 899 g/mol. The van der Waals surface area contributed by atoms with Crippen molar-refractivity contribution in [3.8, 4) is 0 Å². The Kier molecular flexibility index (Phi) is 61.0. The first-order valence-electron chi connectivity index (χ1n) is 32.8. The van der Waals surface area contributed by atoms with Gasteiger partial charge in [-0.1, -0.05) is 314 Å². The van der Waals surface area contributed by atoms with E-state index in [1.807, 2.05) is 6.08 Å². The minimum atomic E-state index is -0.852. The molecule has 3 N–H and O–H groups in total. The lowest BCUT2D eigenvalue weighted by Gasteiger charge is -2.20. The number of aliphatic hydroxyl groups excluding tert-OH is 2. The fourth-order valence-electron chi connectivity index (χ4n) is 10.1. The molecule has 6 nitrogen and oxygen atoms in total. The molecule has 0 saturated carbocycles. The zero-order valence-electron chi connectivity index (χ0n) is 49.1. The predicted molar refractivity (Wildman–Crippen MR) is 319 cm³/mol. The highest BCUT2D eigenvalue weighted by molar-refractivity contribution is 5.76. The van der Waals surface area contributed by atoms with E-state index in [1.54, 1.807) is 6.08 Å². The van der Waals surface area contributed by atoms with Crippen LogP contribution in [-0.2, 0) is 14.3 Å². The second-order valence-corrected chi connectivity index (χ2v) is 22.5. The van der Waals surface area contributed by atoms with Crippen LogP contribution >= 0.6 is 0 Å². The summed E-state index contributed by atoms with van der Waals surface area (Å²) in [4.78, 5) is 24.5. The number of carbonyl (C=O) groups excluding carboxylic acids is 2. The van der Waals surface area contributed by atoms with E-state index in [-0.39, 0.29) is 18.5 Å². The van der Waals surface area contributed by atoms with Crippen LogP contribution in [0.25, 0.3) is 0 Å². The molecule has 1 amide bonds. The second-order valence-electron chi connectivity index (χ2n) is 22.5. The standard InChI is InChI=1S/C67H127NO5/c1-3-5-7-9-11-13-15-17-18-19-20-24-27-30-33-36-39-43-47-51-55-59-65(70)64(63-69)68-66(71)60-56-52-48-44-40-37-34-31-28-25-22-21-23-26-29-32-35-38-42-46-50-54-58-62-73-67(72)61-57-53-49-45-41-16-14-12-10-8-6-4-2/h21,23,25,28,55,59,64-65,69-70H,3-20,22,24,26-27,29-54,56-58,60-63H2,1-2H3,(H,68,71)/b23-21-,28-25-,59-55+. The maximum atomic E-state index is 12.5. The number of hydrogen-bond acceptors (Lipinski definition) is 5. The number of unbranched alkanes of at least 4 members (excludes halogenated alkanes) is 46. The van der Waals surface area contributed by atoms with Gasteiger partial charge in [0.05, 0.1) is 25.4 Å². The lowest BCUT2D eigenvalue weighted by atomic mass is 10.0. The van der Waals surface area contributed by atoms with Crippen LogP contribution in [0.5, 0.6) is 0 Å². The van der Waals surface area contributed by atoms with Crippen molar-refractivity contribution >= 4 is 11.9 Å². The predicted octanol–water partition coefficient (Wildman–Crippen LogP) is 20.8. The topological polar surface area (TPSA) is 95.9 Å². The summed E-state index contributed by atoms with van der Waals surface area (Å²) >= 11 is 0. The number of hydrogen-bond donors (Lipinski definition) is 3. The molecule has 430 valence electrons. The van der Waals surface area contributed by atoms with Crippen molar-refractivity contribution in [3.63, 3.8) is 0 Å². The molecule has 0 aromatic carbocycles. The maximum absolute atomic E-state index is 12.5. The number of aliphatic hydroxyl groups is 2. The highest BCUT2D eigenvalue weighted by atomic mass is 16.5. The Balaban J connectivity index is 3.48. The summed E-state index contributed by atoms with van der Waals surface area (Å²) in [6.45, 7) is 4.92. The average Bonchev–Trinajstić information content (AvgIpc) is 3.39. The molecule has 0 heterocycles. The number of amides is 1. The van der Waals surface area contributed by atoms with Crippen LogP contribution < -0.4 is 5.32 Å². The van der Waals surface area contributed by atoms with Crippen LogP contribution in [0.15, 0.2) is 36.5 Å². The minimum Gasteiger partial charge on any atom is -0.466 e. The largest absolute Gasteiger partial charge is 0.466 e. The van der Waals surface area contributed by atoms with Crippen LogP contribution in [0.4, 0.5) is 0 Å². The Bertz CT molecular complexity index is 1180. The Labute approximate surface area is 455 Å². The summed E-state index contributed by atoms with van der Waals surface area (Å²) < 4.78 is 5.47. The monoisotopic (exact) mass is 1030 g/mol. The van der Waals surface area contributed by atoms with Gasteiger partial charge in [-0.15, -0.1) is 0 Å². The summed E-state index contributed by atoms with van der Waals surface area (Å²) in [5, 5.41) is 23.2. The quantitative estimate of drug-likeness (QED) is 0.0320. The van der Waals surface area contributed by atoms with Gasteiger partial charge in [-0.2, -0.15) is 0 Å². The molecule has 0 aliphatic heterocycles. The molecule has 0 saturated heterocycles. The van der Waals surface area contributed by atoms with Crippen LogP contribution in [0.3, 0.4) is 0 Å². The Morgan fingerprint density at radius 1 is 0.384 bits per heavy atom. The summed E-state index contributed by atoms with van der Waals surface area (Å²) in [5.74, 6) is -0.0681. The van der Waals surface area contributed by atoms with E-state index in [0.29, 0.717) is 19.4 Å². The number of carbonyl (C=O) groups is 2. The highest BCUT2D eigenvalue weighted by Crippen LogP contribution is 2.17. The first kappa shape index (κ1) is 71.1. The van der Waals surface area contributed by atoms with Crippen molar-refractivity contribution in [1.82, 2.24) is 5.32 Å². The van der Waals surface area contributed by atoms with E-state index in [1.165, 1.54) is 270 Å². The van der Waals surface area contributed by atoms with E-state index in [4.69, 9.17) is 4.74 Å². The molecule has 0 aromatic heterocycles. The Hall–Kier alpha value is -1.92. The molecule has 73 heavy (non-hydrogen) atoms. The highest BCUT2D eigenvalue weighted by Gasteiger charge is 2.18. The SMILES string of the molecule is CCCCCCCCCCCCCCCCCCCCC/C=C/C(O)C(CO)NC(=O)CCCCCCCCC/C=C\C/C=C\CCCCCCCCCCCOC(=O)CCCCCCCCCCCCCC. The lowest BCUT2D eigenvalue weighted by molar-refractivity contribution is -0.143. The average molecular weight is 1030 g/mol. The molecule has 0 aliphatic carbocycles. The fourth-order valence-corrected chi connectivity index (χ4v) is 10.1. The molecule has 2 unspecified atom stereocenters. The number of esters is 1. The lowest BCUT2D eigenvalue weighted by Crippen LogP contribution is -2.45. The van der Waals surface area contributed by atoms with Gasteiger partial charge < -0.3 is 20.3 Å². The van der Waals surface area contributed by atoms with Crippen LogP contribution in [0.2, 0.25) is 0 Å². The fraction of sp³-hybridized carbons (Fsp3) is 0.881. The molecular formula is C67H127NO5. The third-order valence-electron chi connectivity index (χ3n) is 15.2. The Morgan fingerprint density at radius 3 is 1.04 bits per heavy atom. The van der Waals surface area contributed by atoms with E-state index >= 15 is 0 Å². The number of nitrogens with one attached hydrogen (secondary N) is 1. The summed E-state index contributed by atoms with van der Waals surface area (Å²) in [7, 11) is 0. The second kappa shape index (κ2) is 62.6. The van der Waals surface area contributed by atoms with Gasteiger partial charge >= 0.3 is 5.97 Å². The van der Waals surface area contributed by atoms with Gasteiger partial charge in [0.2, 0.25) is 5.91 Å². The van der Waals surface area contributed by atoms with E-state index in [9.17, 15) is 19.8 Å². The van der Waals surface area contributed by atoms with Crippen LogP contribution in [0, 0.1) is 0 Å². The first-order valence-corrected chi connectivity index (χ1v) is 32.8. The molecule has 0 bridgehead atoms. The van der Waals surface area contributed by atoms with Gasteiger partial charge in [-0.3, -0.25) is 9.59 Å².